The van der Waals surface area contributed by atoms with Crippen LogP contribution in [0.15, 0.2) is 33.0 Å². The van der Waals surface area contributed by atoms with Crippen LogP contribution in [0, 0.1) is 0 Å². The summed E-state index contributed by atoms with van der Waals surface area (Å²) in [5, 5.41) is 11.4. The molecule has 9 heteroatoms. The molecule has 110 valence electrons. The zero-order valence-corrected chi connectivity index (χ0v) is 13.0. The van der Waals surface area contributed by atoms with E-state index in [0.29, 0.717) is 4.47 Å². The summed E-state index contributed by atoms with van der Waals surface area (Å²) in [6.07, 6.45) is 4.69. The number of oxime groups is 1. The molecule has 0 saturated heterocycles. The maximum atomic E-state index is 12.6. The third-order valence-electron chi connectivity index (χ3n) is 2.96. The lowest BCUT2D eigenvalue weighted by molar-refractivity contribution is 0.315. The summed E-state index contributed by atoms with van der Waals surface area (Å²) in [6.45, 7) is 0.190. The summed E-state index contributed by atoms with van der Waals surface area (Å²) in [5.41, 5.74) is 5.41. The van der Waals surface area contributed by atoms with Gasteiger partial charge in [-0.25, -0.2) is 8.42 Å². The molecule has 3 N–H and O–H groups in total. The van der Waals surface area contributed by atoms with Gasteiger partial charge in [-0.05, 0) is 34.8 Å². The topological polar surface area (TPSA) is 109 Å². The molecule has 0 bridgehead atoms. The summed E-state index contributed by atoms with van der Waals surface area (Å²) < 4.78 is 27.2. The fourth-order valence-corrected chi connectivity index (χ4v) is 4.00. The van der Waals surface area contributed by atoms with E-state index in [1.54, 1.807) is 0 Å². The van der Waals surface area contributed by atoms with Crippen molar-refractivity contribution >= 4 is 31.8 Å². The first kappa shape index (κ1) is 15.2. The number of rotatable bonds is 6. The van der Waals surface area contributed by atoms with Gasteiger partial charge in [0.15, 0.2) is 0 Å². The van der Waals surface area contributed by atoms with E-state index >= 15 is 0 Å². The van der Waals surface area contributed by atoms with Gasteiger partial charge in [0.1, 0.15) is 10.7 Å². The van der Waals surface area contributed by atoms with E-state index in [1.807, 2.05) is 0 Å². The van der Waals surface area contributed by atoms with Crippen molar-refractivity contribution in [3.8, 4) is 0 Å². The summed E-state index contributed by atoms with van der Waals surface area (Å²) in [7, 11) is -3.62. The Morgan fingerprint density at radius 3 is 2.80 bits per heavy atom. The number of pyridine rings is 1. The first-order valence-corrected chi connectivity index (χ1v) is 8.27. The highest BCUT2D eigenvalue weighted by Crippen LogP contribution is 2.32. The van der Waals surface area contributed by atoms with Crippen LogP contribution in [0.2, 0.25) is 0 Å². The van der Waals surface area contributed by atoms with E-state index in [1.165, 1.54) is 22.8 Å². The number of hydrogen-bond acceptors (Lipinski definition) is 5. The largest absolute Gasteiger partial charge is 0.409 e. The molecule has 1 aromatic heterocycles. The minimum atomic E-state index is -3.62. The lowest BCUT2D eigenvalue weighted by Crippen LogP contribution is -2.36. The van der Waals surface area contributed by atoms with Crippen molar-refractivity contribution in [2.75, 3.05) is 6.54 Å². The van der Waals surface area contributed by atoms with E-state index in [-0.39, 0.29) is 29.7 Å². The van der Waals surface area contributed by atoms with E-state index in [0.717, 1.165) is 12.8 Å². The highest BCUT2D eigenvalue weighted by Gasteiger charge is 2.38. The van der Waals surface area contributed by atoms with Crippen molar-refractivity contribution in [1.29, 1.82) is 0 Å². The van der Waals surface area contributed by atoms with E-state index in [9.17, 15) is 8.42 Å². The maximum Gasteiger partial charge on any atom is 0.244 e. The summed E-state index contributed by atoms with van der Waals surface area (Å²) in [4.78, 5) is 4.02. The number of nitrogens with zero attached hydrogens (tertiary/aromatic N) is 3. The van der Waals surface area contributed by atoms with Gasteiger partial charge >= 0.3 is 0 Å². The first-order chi connectivity index (χ1) is 9.45. The molecule has 1 aliphatic carbocycles. The van der Waals surface area contributed by atoms with Gasteiger partial charge in [-0.3, -0.25) is 4.98 Å². The third-order valence-corrected chi connectivity index (χ3v) is 5.31. The molecule has 1 saturated carbocycles. The van der Waals surface area contributed by atoms with Crippen molar-refractivity contribution in [1.82, 2.24) is 9.29 Å². The van der Waals surface area contributed by atoms with Crippen LogP contribution in [-0.4, -0.2) is 41.3 Å². The molecule has 7 nitrogen and oxygen atoms in total. The minimum Gasteiger partial charge on any atom is -0.409 e. The highest BCUT2D eigenvalue weighted by molar-refractivity contribution is 9.10. The van der Waals surface area contributed by atoms with Crippen molar-refractivity contribution in [2.45, 2.75) is 30.2 Å². The number of nitrogens with two attached hydrogens (primary N) is 1. The van der Waals surface area contributed by atoms with Crippen LogP contribution in [0.3, 0.4) is 0 Å². The molecule has 1 heterocycles. The van der Waals surface area contributed by atoms with Gasteiger partial charge in [-0.15, -0.1) is 0 Å². The molecule has 1 aliphatic rings. The van der Waals surface area contributed by atoms with Crippen LogP contribution in [0.1, 0.15) is 19.3 Å². The van der Waals surface area contributed by atoms with Crippen LogP contribution >= 0.6 is 15.9 Å². The van der Waals surface area contributed by atoms with Crippen LogP contribution in [0.25, 0.3) is 0 Å². The Balaban J connectivity index is 2.24. The fourth-order valence-electron chi connectivity index (χ4n) is 1.81. The number of sulfonamides is 1. The first-order valence-electron chi connectivity index (χ1n) is 6.04. The lowest BCUT2D eigenvalue weighted by Gasteiger charge is -2.21. The molecule has 0 spiro atoms. The SMILES string of the molecule is NC(CCN(C1CC1)S(=O)(=O)c1cncc(Br)c1)=NO. The van der Waals surface area contributed by atoms with Crippen molar-refractivity contribution in [3.63, 3.8) is 0 Å². The quantitative estimate of drug-likeness (QED) is 0.341. The van der Waals surface area contributed by atoms with Crippen LogP contribution in [0.4, 0.5) is 0 Å². The van der Waals surface area contributed by atoms with Crippen molar-refractivity contribution in [2.24, 2.45) is 10.9 Å². The molecule has 0 unspecified atom stereocenters. The van der Waals surface area contributed by atoms with Crippen molar-refractivity contribution < 1.29 is 13.6 Å². The molecule has 1 aromatic rings. The smallest absolute Gasteiger partial charge is 0.244 e. The summed E-state index contributed by atoms with van der Waals surface area (Å²) in [6, 6.07) is 1.51. The van der Waals surface area contributed by atoms with E-state index < -0.39 is 10.0 Å². The Kier molecular flexibility index (Phi) is 4.61. The van der Waals surface area contributed by atoms with Gasteiger partial charge in [0.2, 0.25) is 10.0 Å². The monoisotopic (exact) mass is 362 g/mol. The van der Waals surface area contributed by atoms with E-state index in [4.69, 9.17) is 10.9 Å². The fraction of sp³-hybridized carbons (Fsp3) is 0.455. The second kappa shape index (κ2) is 6.06. The van der Waals surface area contributed by atoms with Gasteiger partial charge in [0, 0.05) is 35.9 Å². The third kappa shape index (κ3) is 3.47. The molecule has 0 atom stereocenters. The average molecular weight is 363 g/mol. The van der Waals surface area contributed by atoms with E-state index in [2.05, 4.69) is 26.1 Å². The van der Waals surface area contributed by atoms with Gasteiger partial charge in [0.05, 0.1) is 0 Å². The number of aromatic nitrogens is 1. The standard InChI is InChI=1S/C11H15BrN4O3S/c12-8-5-10(7-14-6-8)20(18,19)16(9-1-2-9)4-3-11(13)15-17/h5-7,9,17H,1-4H2,(H2,13,15). The average Bonchev–Trinajstić information content (AvgIpc) is 3.23. The Morgan fingerprint density at radius 1 is 1.55 bits per heavy atom. The molecular formula is C11H15BrN4O3S. The van der Waals surface area contributed by atoms with Gasteiger partial charge in [0.25, 0.3) is 0 Å². The normalized spacial score (nSPS) is 16.6. The Morgan fingerprint density at radius 2 is 2.25 bits per heavy atom. The molecule has 0 amide bonds. The zero-order valence-electron chi connectivity index (χ0n) is 10.6. The maximum absolute atomic E-state index is 12.6. The predicted molar refractivity (Wildman–Crippen MR) is 76.9 cm³/mol. The Bertz CT molecular complexity index is 616. The summed E-state index contributed by atoms with van der Waals surface area (Å²) in [5.74, 6) is 0.0122. The van der Waals surface area contributed by atoms with Gasteiger partial charge < -0.3 is 10.9 Å². The molecular weight excluding hydrogens is 348 g/mol. The molecule has 0 aliphatic heterocycles. The number of hydrogen-bond donors (Lipinski definition) is 2. The molecule has 2 rings (SSSR count). The number of halogens is 1. The molecule has 0 radical (unpaired) electrons. The second-order valence-corrected chi connectivity index (χ2v) is 7.33. The van der Waals surface area contributed by atoms with Crippen LogP contribution in [0.5, 0.6) is 0 Å². The summed E-state index contributed by atoms with van der Waals surface area (Å²) >= 11 is 3.21. The van der Waals surface area contributed by atoms with Crippen LogP contribution in [-0.2, 0) is 10.0 Å². The number of amidine groups is 1. The molecule has 0 aromatic carbocycles. The Hall–Kier alpha value is -1.19. The van der Waals surface area contributed by atoms with Gasteiger partial charge in [-0.1, -0.05) is 5.16 Å². The Labute approximate surface area is 125 Å². The second-order valence-electron chi connectivity index (χ2n) is 4.53. The lowest BCUT2D eigenvalue weighted by atomic mass is 10.4. The molecule has 20 heavy (non-hydrogen) atoms. The van der Waals surface area contributed by atoms with Crippen LogP contribution < -0.4 is 5.73 Å². The van der Waals surface area contributed by atoms with Gasteiger partial charge in [-0.2, -0.15) is 4.31 Å². The zero-order chi connectivity index (χ0) is 14.8. The predicted octanol–water partition coefficient (Wildman–Crippen LogP) is 1.13. The van der Waals surface area contributed by atoms with Crippen molar-refractivity contribution in [3.05, 3.63) is 22.9 Å². The highest BCUT2D eigenvalue weighted by atomic mass is 79.9. The minimum absolute atomic E-state index is 0.00882. The molecule has 1 fully saturated rings.